The molecule has 1 heterocycles. The van der Waals surface area contributed by atoms with Crippen LogP contribution in [-0.2, 0) is 0 Å². The Morgan fingerprint density at radius 2 is 2.10 bits per heavy atom. The van der Waals surface area contributed by atoms with E-state index in [1.807, 2.05) is 11.3 Å². The van der Waals surface area contributed by atoms with Crippen LogP contribution >= 0.6 is 27.3 Å². The summed E-state index contributed by atoms with van der Waals surface area (Å²) in [5.74, 6) is 1.46. The third kappa shape index (κ3) is 3.41. The predicted octanol–water partition coefficient (Wildman–Crippen LogP) is 5.66. The van der Waals surface area contributed by atoms with E-state index in [-0.39, 0.29) is 0 Å². The second-order valence-electron chi connectivity index (χ2n) is 5.90. The monoisotopic (exact) mass is 363 g/mol. The molecule has 0 spiro atoms. The quantitative estimate of drug-likeness (QED) is 0.697. The number of benzene rings is 1. The fourth-order valence-corrected chi connectivity index (χ4v) is 4.78. The minimum Gasteiger partial charge on any atom is -0.309 e. The molecule has 1 fully saturated rings. The number of hydrogen-bond acceptors (Lipinski definition) is 2. The van der Waals surface area contributed by atoms with Crippen molar-refractivity contribution < 1.29 is 0 Å². The zero-order valence-corrected chi connectivity index (χ0v) is 15.0. The van der Waals surface area contributed by atoms with Gasteiger partial charge in [0.15, 0.2) is 0 Å². The van der Waals surface area contributed by atoms with Gasteiger partial charge in [0.25, 0.3) is 0 Å². The Hall–Kier alpha value is -0.640. The van der Waals surface area contributed by atoms with Gasteiger partial charge in [0, 0.05) is 20.3 Å². The first-order valence-corrected chi connectivity index (χ1v) is 9.35. The molecule has 1 saturated carbocycles. The average molecular weight is 364 g/mol. The minimum absolute atomic E-state index is 0.505. The SMILES string of the molecule is CCCNC(c1cc(Br)c(C)s1)C1CC1c1ccccc1. The number of thiophene rings is 1. The Balaban J connectivity index is 1.78. The number of nitrogens with one attached hydrogen (secondary N) is 1. The van der Waals surface area contributed by atoms with Gasteiger partial charge in [-0.1, -0.05) is 37.3 Å². The Labute approximate surface area is 139 Å². The van der Waals surface area contributed by atoms with Crippen LogP contribution in [0.25, 0.3) is 0 Å². The molecule has 3 atom stereocenters. The van der Waals surface area contributed by atoms with E-state index in [0.717, 1.165) is 18.4 Å². The van der Waals surface area contributed by atoms with Gasteiger partial charge in [-0.2, -0.15) is 0 Å². The predicted molar refractivity (Wildman–Crippen MR) is 95.1 cm³/mol. The summed E-state index contributed by atoms with van der Waals surface area (Å²) < 4.78 is 1.25. The third-order valence-corrected chi connectivity index (χ3v) is 6.51. The first-order chi connectivity index (χ1) is 10.2. The highest BCUT2D eigenvalue weighted by Gasteiger charge is 2.44. The van der Waals surface area contributed by atoms with E-state index in [0.29, 0.717) is 6.04 Å². The van der Waals surface area contributed by atoms with E-state index >= 15 is 0 Å². The fourth-order valence-electron chi connectivity index (χ4n) is 3.06. The molecule has 1 aromatic carbocycles. The van der Waals surface area contributed by atoms with Crippen molar-refractivity contribution in [3.8, 4) is 0 Å². The molecule has 0 amide bonds. The van der Waals surface area contributed by atoms with E-state index in [1.165, 1.54) is 32.6 Å². The summed E-state index contributed by atoms with van der Waals surface area (Å²) in [7, 11) is 0. The topological polar surface area (TPSA) is 12.0 Å². The summed E-state index contributed by atoms with van der Waals surface area (Å²) in [6.07, 6.45) is 2.49. The number of halogens is 1. The summed E-state index contributed by atoms with van der Waals surface area (Å²) in [4.78, 5) is 2.86. The molecular formula is C18H22BrNS. The van der Waals surface area contributed by atoms with Crippen LogP contribution in [0.15, 0.2) is 40.9 Å². The second-order valence-corrected chi connectivity index (χ2v) is 8.04. The van der Waals surface area contributed by atoms with Crippen LogP contribution in [0.1, 0.15) is 47.0 Å². The molecule has 1 N–H and O–H groups in total. The fraction of sp³-hybridized carbons (Fsp3) is 0.444. The Morgan fingerprint density at radius 3 is 2.71 bits per heavy atom. The van der Waals surface area contributed by atoms with Crippen molar-refractivity contribution in [3.05, 3.63) is 56.2 Å². The van der Waals surface area contributed by atoms with E-state index in [1.54, 1.807) is 0 Å². The van der Waals surface area contributed by atoms with Crippen molar-refractivity contribution in [1.82, 2.24) is 5.32 Å². The maximum Gasteiger partial charge on any atom is 0.0450 e. The highest BCUT2D eigenvalue weighted by atomic mass is 79.9. The highest BCUT2D eigenvalue weighted by Crippen LogP contribution is 2.55. The first-order valence-electron chi connectivity index (χ1n) is 7.75. The Morgan fingerprint density at radius 1 is 1.33 bits per heavy atom. The lowest BCUT2D eigenvalue weighted by Crippen LogP contribution is -2.23. The first kappa shape index (κ1) is 15.3. The maximum absolute atomic E-state index is 3.78. The molecule has 1 aliphatic carbocycles. The van der Waals surface area contributed by atoms with Gasteiger partial charge in [-0.3, -0.25) is 0 Å². The average Bonchev–Trinajstić information content (AvgIpc) is 3.21. The molecular weight excluding hydrogens is 342 g/mol. The van der Waals surface area contributed by atoms with Crippen molar-refractivity contribution in [2.24, 2.45) is 5.92 Å². The van der Waals surface area contributed by atoms with Gasteiger partial charge in [-0.05, 0) is 65.7 Å². The van der Waals surface area contributed by atoms with Crippen molar-refractivity contribution in [2.45, 2.75) is 38.6 Å². The van der Waals surface area contributed by atoms with Crippen LogP contribution in [0.5, 0.6) is 0 Å². The third-order valence-electron chi connectivity index (χ3n) is 4.29. The standard InChI is InChI=1S/C18H22BrNS/c1-3-9-20-18(17-11-16(19)12(2)21-17)15-10-14(15)13-7-5-4-6-8-13/h4-8,11,14-15,18,20H,3,9-10H2,1-2H3. The van der Waals surface area contributed by atoms with Crippen LogP contribution in [-0.4, -0.2) is 6.54 Å². The second kappa shape index (κ2) is 6.64. The van der Waals surface area contributed by atoms with Crippen LogP contribution in [0.2, 0.25) is 0 Å². The maximum atomic E-state index is 3.78. The molecule has 0 saturated heterocycles. The van der Waals surface area contributed by atoms with Crippen molar-refractivity contribution in [1.29, 1.82) is 0 Å². The Bertz CT molecular complexity index is 573. The summed E-state index contributed by atoms with van der Waals surface area (Å²) >= 11 is 5.59. The largest absolute Gasteiger partial charge is 0.309 e. The summed E-state index contributed by atoms with van der Waals surface area (Å²) in [5.41, 5.74) is 1.50. The molecule has 0 radical (unpaired) electrons. The zero-order chi connectivity index (χ0) is 14.8. The molecule has 1 aliphatic rings. The molecule has 3 unspecified atom stereocenters. The van der Waals surface area contributed by atoms with Crippen molar-refractivity contribution >= 4 is 27.3 Å². The molecule has 1 aromatic heterocycles. The Kier molecular flexibility index (Phi) is 4.82. The van der Waals surface area contributed by atoms with Crippen molar-refractivity contribution in [3.63, 3.8) is 0 Å². The zero-order valence-electron chi connectivity index (χ0n) is 12.6. The lowest BCUT2D eigenvalue weighted by molar-refractivity contribution is 0.480. The number of hydrogen-bond donors (Lipinski definition) is 1. The normalized spacial score (nSPS) is 22.2. The van der Waals surface area contributed by atoms with Crippen LogP contribution in [0.4, 0.5) is 0 Å². The number of rotatable bonds is 6. The lowest BCUT2D eigenvalue weighted by atomic mass is 10.0. The van der Waals surface area contributed by atoms with E-state index in [4.69, 9.17) is 0 Å². The summed E-state index contributed by atoms with van der Waals surface area (Å²) in [6, 6.07) is 13.8. The molecule has 0 bridgehead atoms. The number of aryl methyl sites for hydroxylation is 1. The molecule has 3 heteroatoms. The van der Waals surface area contributed by atoms with Crippen LogP contribution < -0.4 is 5.32 Å². The van der Waals surface area contributed by atoms with Gasteiger partial charge >= 0.3 is 0 Å². The molecule has 3 rings (SSSR count). The van der Waals surface area contributed by atoms with E-state index in [2.05, 4.69) is 71.5 Å². The van der Waals surface area contributed by atoms with Crippen molar-refractivity contribution in [2.75, 3.05) is 6.54 Å². The van der Waals surface area contributed by atoms with Crippen LogP contribution in [0, 0.1) is 12.8 Å². The van der Waals surface area contributed by atoms with Gasteiger partial charge in [-0.15, -0.1) is 11.3 Å². The van der Waals surface area contributed by atoms with Gasteiger partial charge in [0.1, 0.15) is 0 Å². The lowest BCUT2D eigenvalue weighted by Gasteiger charge is -2.17. The minimum atomic E-state index is 0.505. The molecule has 1 nitrogen and oxygen atoms in total. The van der Waals surface area contributed by atoms with Gasteiger partial charge < -0.3 is 5.32 Å². The summed E-state index contributed by atoms with van der Waals surface area (Å²) in [6.45, 7) is 5.52. The van der Waals surface area contributed by atoms with Gasteiger partial charge in [0.05, 0.1) is 0 Å². The van der Waals surface area contributed by atoms with E-state index in [9.17, 15) is 0 Å². The molecule has 21 heavy (non-hydrogen) atoms. The molecule has 112 valence electrons. The smallest absolute Gasteiger partial charge is 0.0450 e. The van der Waals surface area contributed by atoms with E-state index < -0.39 is 0 Å². The summed E-state index contributed by atoms with van der Waals surface area (Å²) in [5, 5.41) is 3.78. The highest BCUT2D eigenvalue weighted by molar-refractivity contribution is 9.10. The van der Waals surface area contributed by atoms with Gasteiger partial charge in [-0.25, -0.2) is 0 Å². The molecule has 0 aliphatic heterocycles. The van der Waals surface area contributed by atoms with Crippen LogP contribution in [0.3, 0.4) is 0 Å². The molecule has 2 aromatic rings. The van der Waals surface area contributed by atoms with Gasteiger partial charge in [0.2, 0.25) is 0 Å².